The van der Waals surface area contributed by atoms with E-state index in [4.69, 9.17) is 11.6 Å². The Balaban J connectivity index is 1.90. The molecule has 0 bridgehead atoms. The highest BCUT2D eigenvalue weighted by Crippen LogP contribution is 2.46. The molecule has 1 heterocycles. The average molecular weight is 405 g/mol. The number of halogens is 1. The smallest absolute Gasteiger partial charge is 0.408 e. The minimum atomic E-state index is -1.64. The summed E-state index contributed by atoms with van der Waals surface area (Å²) in [6, 6.07) is 18.9. The Hall–Kier alpha value is -2.18. The first kappa shape index (κ1) is 19.6. The van der Waals surface area contributed by atoms with E-state index in [1.165, 1.54) is 4.90 Å². The van der Waals surface area contributed by atoms with Crippen molar-refractivity contribution in [3.8, 4) is 0 Å². The first-order valence-corrected chi connectivity index (χ1v) is 9.45. The van der Waals surface area contributed by atoms with Crippen molar-refractivity contribution >= 4 is 36.2 Å². The van der Waals surface area contributed by atoms with Gasteiger partial charge in [0, 0.05) is 26.1 Å². The first-order chi connectivity index (χ1) is 12.9. The fourth-order valence-electron chi connectivity index (χ4n) is 3.50. The molecule has 1 saturated heterocycles. The van der Waals surface area contributed by atoms with Gasteiger partial charge < -0.3 is 10.0 Å². The number of amides is 2. The Morgan fingerprint density at radius 3 is 2.30 bits per heavy atom. The van der Waals surface area contributed by atoms with Gasteiger partial charge in [0.1, 0.15) is 0 Å². The molecule has 27 heavy (non-hydrogen) atoms. The van der Waals surface area contributed by atoms with E-state index in [0.717, 1.165) is 16.0 Å². The van der Waals surface area contributed by atoms with Crippen molar-refractivity contribution in [3.63, 3.8) is 0 Å². The molecule has 0 aliphatic carbocycles. The zero-order chi connectivity index (χ0) is 19.6. The van der Waals surface area contributed by atoms with E-state index in [2.05, 4.69) is 12.6 Å². The number of carboxylic acid groups (broad SMARTS) is 1. The Morgan fingerprint density at radius 2 is 1.74 bits per heavy atom. The Labute approximate surface area is 168 Å². The van der Waals surface area contributed by atoms with Gasteiger partial charge in [-0.15, -0.1) is 24.2 Å². The zero-order valence-corrected chi connectivity index (χ0v) is 16.5. The van der Waals surface area contributed by atoms with E-state index < -0.39 is 22.2 Å². The van der Waals surface area contributed by atoms with Crippen molar-refractivity contribution in [1.82, 2.24) is 9.80 Å². The Bertz CT molecular complexity index is 820. The third-order valence-electron chi connectivity index (χ3n) is 4.91. The fraction of sp³-hybridized carbons (Fsp3) is 0.300. The van der Waals surface area contributed by atoms with Crippen LogP contribution < -0.4 is 0 Å². The standard InChI is InChI=1S/C20H21ClN2O3S/c1-22(12-14-8-4-2-5-9-14)18(24)20(27)17(21)16(13-23(20)19(25)26)15-10-6-3-7-11-15/h2-11,16-17,27H,12-13H2,1H3,(H,25,26). The van der Waals surface area contributed by atoms with Crippen LogP contribution in [0.5, 0.6) is 0 Å². The molecule has 0 radical (unpaired) electrons. The highest BCUT2D eigenvalue weighted by molar-refractivity contribution is 7.82. The SMILES string of the molecule is CN(Cc1ccccc1)C(=O)C1(S)C(Cl)C(c2ccccc2)CN1C(=O)O. The molecule has 3 unspecified atom stereocenters. The van der Waals surface area contributed by atoms with Crippen LogP contribution in [0.25, 0.3) is 0 Å². The highest BCUT2D eigenvalue weighted by atomic mass is 35.5. The second-order valence-corrected chi connectivity index (χ2v) is 7.84. The van der Waals surface area contributed by atoms with Gasteiger partial charge in [0.25, 0.3) is 5.91 Å². The molecule has 1 fully saturated rings. The maximum Gasteiger partial charge on any atom is 0.408 e. The molecule has 2 aromatic rings. The van der Waals surface area contributed by atoms with Gasteiger partial charge in [-0.3, -0.25) is 9.69 Å². The normalized spacial score (nSPS) is 24.6. The van der Waals surface area contributed by atoms with Crippen LogP contribution in [0.15, 0.2) is 60.7 Å². The first-order valence-electron chi connectivity index (χ1n) is 8.57. The van der Waals surface area contributed by atoms with Crippen LogP contribution in [-0.2, 0) is 11.3 Å². The molecule has 1 aliphatic rings. The summed E-state index contributed by atoms with van der Waals surface area (Å²) in [6.45, 7) is 0.455. The molecule has 3 atom stereocenters. The van der Waals surface area contributed by atoms with Gasteiger partial charge in [0.2, 0.25) is 0 Å². The van der Waals surface area contributed by atoms with E-state index in [0.29, 0.717) is 6.54 Å². The number of rotatable bonds is 4. The van der Waals surface area contributed by atoms with Gasteiger partial charge in [0.05, 0.1) is 5.38 Å². The van der Waals surface area contributed by atoms with E-state index in [9.17, 15) is 14.7 Å². The molecule has 1 N–H and O–H groups in total. The maximum atomic E-state index is 13.2. The predicted molar refractivity (Wildman–Crippen MR) is 108 cm³/mol. The molecule has 5 nitrogen and oxygen atoms in total. The number of hydrogen-bond acceptors (Lipinski definition) is 3. The zero-order valence-electron chi connectivity index (χ0n) is 14.8. The number of thiol groups is 1. The molecule has 2 amide bonds. The summed E-state index contributed by atoms with van der Waals surface area (Å²) < 4.78 is 0. The summed E-state index contributed by atoms with van der Waals surface area (Å²) in [6.07, 6.45) is -1.21. The lowest BCUT2D eigenvalue weighted by atomic mass is 9.95. The highest BCUT2D eigenvalue weighted by Gasteiger charge is 2.59. The van der Waals surface area contributed by atoms with Gasteiger partial charge in [-0.05, 0) is 11.1 Å². The lowest BCUT2D eigenvalue weighted by Crippen LogP contribution is -2.57. The van der Waals surface area contributed by atoms with Gasteiger partial charge in [0.15, 0.2) is 4.87 Å². The van der Waals surface area contributed by atoms with Crippen LogP contribution in [0.2, 0.25) is 0 Å². The Morgan fingerprint density at radius 1 is 1.19 bits per heavy atom. The predicted octanol–water partition coefficient (Wildman–Crippen LogP) is 3.66. The summed E-state index contributed by atoms with van der Waals surface area (Å²) in [5.74, 6) is -0.758. The summed E-state index contributed by atoms with van der Waals surface area (Å²) in [5.41, 5.74) is 1.83. The van der Waals surface area contributed by atoms with E-state index >= 15 is 0 Å². The molecular weight excluding hydrogens is 384 g/mol. The number of alkyl halides is 1. The molecule has 1 aliphatic heterocycles. The molecule has 3 rings (SSSR count). The fourth-order valence-corrected chi connectivity index (χ4v) is 4.45. The summed E-state index contributed by atoms with van der Waals surface area (Å²) >= 11 is 11.2. The van der Waals surface area contributed by atoms with E-state index in [1.54, 1.807) is 7.05 Å². The minimum Gasteiger partial charge on any atom is -0.465 e. The van der Waals surface area contributed by atoms with Gasteiger partial charge in [-0.2, -0.15) is 0 Å². The van der Waals surface area contributed by atoms with Crippen molar-refractivity contribution in [2.45, 2.75) is 22.7 Å². The average Bonchev–Trinajstić information content (AvgIpc) is 2.95. The lowest BCUT2D eigenvalue weighted by molar-refractivity contribution is -0.136. The van der Waals surface area contributed by atoms with Crippen LogP contribution in [0.1, 0.15) is 17.0 Å². The number of hydrogen-bond donors (Lipinski definition) is 2. The second-order valence-electron chi connectivity index (χ2n) is 6.69. The van der Waals surface area contributed by atoms with Crippen LogP contribution in [0, 0.1) is 0 Å². The van der Waals surface area contributed by atoms with Gasteiger partial charge >= 0.3 is 6.09 Å². The summed E-state index contributed by atoms with van der Waals surface area (Å²) in [7, 11) is 1.63. The number of nitrogens with zero attached hydrogens (tertiary/aromatic N) is 2. The van der Waals surface area contributed by atoms with Crippen molar-refractivity contribution in [2.75, 3.05) is 13.6 Å². The largest absolute Gasteiger partial charge is 0.465 e. The lowest BCUT2D eigenvalue weighted by Gasteiger charge is -2.36. The monoisotopic (exact) mass is 404 g/mol. The number of carbonyl (C=O) groups is 2. The maximum absolute atomic E-state index is 13.2. The molecule has 0 spiro atoms. The second kappa shape index (κ2) is 7.82. The third-order valence-corrected chi connectivity index (χ3v) is 6.39. The third kappa shape index (κ3) is 3.64. The molecule has 0 saturated carbocycles. The molecule has 142 valence electrons. The minimum absolute atomic E-state index is 0.113. The quantitative estimate of drug-likeness (QED) is 0.604. The number of carbonyl (C=O) groups excluding carboxylic acids is 1. The van der Waals surface area contributed by atoms with E-state index in [-0.39, 0.29) is 12.5 Å². The molecular formula is C20H21ClN2O3S. The number of benzene rings is 2. The molecule has 7 heteroatoms. The van der Waals surface area contributed by atoms with Crippen molar-refractivity contribution in [3.05, 3.63) is 71.8 Å². The summed E-state index contributed by atoms with van der Waals surface area (Å²) in [4.78, 5) is 26.0. The van der Waals surface area contributed by atoms with Crippen LogP contribution in [0.4, 0.5) is 4.79 Å². The van der Waals surface area contributed by atoms with E-state index in [1.807, 2.05) is 60.7 Å². The molecule has 2 aromatic carbocycles. The van der Waals surface area contributed by atoms with Gasteiger partial charge in [-0.1, -0.05) is 60.7 Å². The van der Waals surface area contributed by atoms with Gasteiger partial charge in [-0.25, -0.2) is 4.79 Å². The van der Waals surface area contributed by atoms with Crippen LogP contribution in [0.3, 0.4) is 0 Å². The number of likely N-dealkylation sites (N-methyl/N-ethyl adjacent to an activating group) is 1. The van der Waals surface area contributed by atoms with Crippen LogP contribution >= 0.6 is 24.2 Å². The van der Waals surface area contributed by atoms with Crippen molar-refractivity contribution in [2.24, 2.45) is 0 Å². The van der Waals surface area contributed by atoms with Crippen molar-refractivity contribution in [1.29, 1.82) is 0 Å². The number of likely N-dealkylation sites (tertiary alicyclic amines) is 1. The van der Waals surface area contributed by atoms with Crippen molar-refractivity contribution < 1.29 is 14.7 Å². The summed E-state index contributed by atoms with van der Waals surface area (Å²) in [5, 5.41) is 8.90. The topological polar surface area (TPSA) is 60.9 Å². The molecule has 0 aromatic heterocycles. The Kier molecular flexibility index (Phi) is 5.67. The van der Waals surface area contributed by atoms with Crippen LogP contribution in [-0.4, -0.2) is 50.7 Å².